The van der Waals surface area contributed by atoms with Crippen molar-refractivity contribution < 1.29 is 4.79 Å². The predicted octanol–water partition coefficient (Wildman–Crippen LogP) is 0.967. The smallest absolute Gasteiger partial charge is 0.252 e. The molecular formula is C12H20N4O. The van der Waals surface area contributed by atoms with Crippen LogP contribution in [-0.4, -0.2) is 24.0 Å². The molecule has 5 heteroatoms. The molecule has 1 aromatic heterocycles. The Balaban J connectivity index is 2.65. The number of amides is 1. The van der Waals surface area contributed by atoms with Crippen molar-refractivity contribution in [2.45, 2.75) is 19.8 Å². The van der Waals surface area contributed by atoms with E-state index < -0.39 is 5.91 Å². The molecule has 0 fully saturated rings. The average Bonchev–Trinajstić information content (AvgIpc) is 2.34. The van der Waals surface area contributed by atoms with E-state index in [1.54, 1.807) is 18.3 Å². The SMILES string of the molecule is CCC(CCN)CNc1ncccc1C(N)=O. The fourth-order valence-corrected chi connectivity index (χ4v) is 1.67. The number of carbonyl (C=O) groups is 1. The number of carbonyl (C=O) groups excluding carboxylic acids is 1. The van der Waals surface area contributed by atoms with E-state index in [0.717, 1.165) is 19.4 Å². The molecule has 1 atom stereocenters. The molecule has 0 radical (unpaired) electrons. The molecule has 0 bridgehead atoms. The second kappa shape index (κ2) is 6.85. The molecule has 0 aliphatic carbocycles. The van der Waals surface area contributed by atoms with Crippen LogP contribution in [0.1, 0.15) is 30.1 Å². The van der Waals surface area contributed by atoms with Gasteiger partial charge < -0.3 is 16.8 Å². The van der Waals surface area contributed by atoms with Crippen molar-refractivity contribution in [2.24, 2.45) is 17.4 Å². The summed E-state index contributed by atoms with van der Waals surface area (Å²) < 4.78 is 0. The van der Waals surface area contributed by atoms with Gasteiger partial charge in [-0.3, -0.25) is 4.79 Å². The van der Waals surface area contributed by atoms with Gasteiger partial charge in [0.25, 0.3) is 5.91 Å². The summed E-state index contributed by atoms with van der Waals surface area (Å²) in [6.45, 7) is 3.55. The number of aromatic nitrogens is 1. The van der Waals surface area contributed by atoms with Crippen LogP contribution in [0, 0.1) is 5.92 Å². The Labute approximate surface area is 102 Å². The summed E-state index contributed by atoms with van der Waals surface area (Å²) in [6, 6.07) is 3.37. The third-order valence-electron chi connectivity index (χ3n) is 2.78. The molecule has 1 aromatic rings. The van der Waals surface area contributed by atoms with Gasteiger partial charge in [0.15, 0.2) is 0 Å². The third-order valence-corrected chi connectivity index (χ3v) is 2.78. The second-order valence-electron chi connectivity index (χ2n) is 4.00. The minimum Gasteiger partial charge on any atom is -0.369 e. The van der Waals surface area contributed by atoms with Crippen LogP contribution in [0.2, 0.25) is 0 Å². The van der Waals surface area contributed by atoms with E-state index in [4.69, 9.17) is 11.5 Å². The van der Waals surface area contributed by atoms with Crippen molar-refractivity contribution in [1.82, 2.24) is 4.98 Å². The summed E-state index contributed by atoms with van der Waals surface area (Å²) in [5, 5.41) is 3.16. The Morgan fingerprint density at radius 1 is 1.59 bits per heavy atom. The Morgan fingerprint density at radius 3 is 2.94 bits per heavy atom. The van der Waals surface area contributed by atoms with E-state index in [9.17, 15) is 4.79 Å². The number of nitrogens with two attached hydrogens (primary N) is 2. The lowest BCUT2D eigenvalue weighted by Gasteiger charge is -2.16. The van der Waals surface area contributed by atoms with E-state index in [1.165, 1.54) is 0 Å². The lowest BCUT2D eigenvalue weighted by atomic mass is 10.0. The van der Waals surface area contributed by atoms with Gasteiger partial charge in [-0.05, 0) is 31.0 Å². The van der Waals surface area contributed by atoms with E-state index >= 15 is 0 Å². The van der Waals surface area contributed by atoms with E-state index in [1.807, 2.05) is 0 Å². The molecule has 1 heterocycles. The van der Waals surface area contributed by atoms with Gasteiger partial charge in [0, 0.05) is 12.7 Å². The standard InChI is InChI=1S/C12H20N4O/c1-2-9(5-6-13)8-16-12-10(11(14)17)4-3-7-15-12/h3-4,7,9H,2,5-6,8,13H2,1H3,(H2,14,17)(H,15,16). The highest BCUT2D eigenvalue weighted by molar-refractivity contribution is 5.97. The lowest BCUT2D eigenvalue weighted by Crippen LogP contribution is -2.20. The lowest BCUT2D eigenvalue weighted by molar-refractivity contribution is 0.100. The predicted molar refractivity (Wildman–Crippen MR) is 68.7 cm³/mol. The normalized spacial score (nSPS) is 12.1. The number of nitrogens with zero attached hydrogens (tertiary/aromatic N) is 1. The third kappa shape index (κ3) is 4.03. The Morgan fingerprint density at radius 2 is 2.35 bits per heavy atom. The molecule has 1 amide bonds. The molecule has 0 aliphatic heterocycles. The molecule has 0 spiro atoms. The quantitative estimate of drug-likeness (QED) is 0.657. The fourth-order valence-electron chi connectivity index (χ4n) is 1.67. The Kier molecular flexibility index (Phi) is 5.42. The first kappa shape index (κ1) is 13.4. The van der Waals surface area contributed by atoms with Gasteiger partial charge in [0.1, 0.15) is 5.82 Å². The summed E-state index contributed by atoms with van der Waals surface area (Å²) in [4.78, 5) is 15.3. The molecule has 0 saturated heterocycles. The highest BCUT2D eigenvalue weighted by Crippen LogP contribution is 2.13. The van der Waals surface area contributed by atoms with Crippen molar-refractivity contribution in [2.75, 3.05) is 18.4 Å². The van der Waals surface area contributed by atoms with Crippen LogP contribution in [0.4, 0.5) is 5.82 Å². The van der Waals surface area contributed by atoms with Crippen molar-refractivity contribution >= 4 is 11.7 Å². The number of nitrogens with one attached hydrogen (secondary N) is 1. The van der Waals surface area contributed by atoms with Gasteiger partial charge in [0.05, 0.1) is 5.56 Å². The topological polar surface area (TPSA) is 94.0 Å². The van der Waals surface area contributed by atoms with E-state index in [0.29, 0.717) is 23.8 Å². The zero-order chi connectivity index (χ0) is 12.7. The first-order valence-corrected chi connectivity index (χ1v) is 5.87. The summed E-state index contributed by atoms with van der Waals surface area (Å²) in [6.07, 6.45) is 3.64. The second-order valence-corrected chi connectivity index (χ2v) is 4.00. The van der Waals surface area contributed by atoms with Gasteiger partial charge in [-0.1, -0.05) is 13.3 Å². The van der Waals surface area contributed by atoms with Crippen LogP contribution in [0.25, 0.3) is 0 Å². The van der Waals surface area contributed by atoms with Gasteiger partial charge in [0.2, 0.25) is 0 Å². The van der Waals surface area contributed by atoms with Crippen LogP contribution < -0.4 is 16.8 Å². The van der Waals surface area contributed by atoms with Crippen molar-refractivity contribution in [3.63, 3.8) is 0 Å². The summed E-state index contributed by atoms with van der Waals surface area (Å²) in [7, 11) is 0. The maximum absolute atomic E-state index is 11.2. The van der Waals surface area contributed by atoms with E-state index in [-0.39, 0.29) is 0 Å². The number of hydrogen-bond donors (Lipinski definition) is 3. The molecule has 5 N–H and O–H groups in total. The molecule has 17 heavy (non-hydrogen) atoms. The molecule has 1 unspecified atom stereocenters. The minimum atomic E-state index is -0.465. The highest BCUT2D eigenvalue weighted by Gasteiger charge is 2.10. The first-order valence-electron chi connectivity index (χ1n) is 5.87. The largest absolute Gasteiger partial charge is 0.369 e. The van der Waals surface area contributed by atoms with E-state index in [2.05, 4.69) is 17.2 Å². The van der Waals surface area contributed by atoms with Crippen LogP contribution in [0.5, 0.6) is 0 Å². The van der Waals surface area contributed by atoms with Crippen molar-refractivity contribution in [3.8, 4) is 0 Å². The van der Waals surface area contributed by atoms with Crippen molar-refractivity contribution in [3.05, 3.63) is 23.9 Å². The number of hydrogen-bond acceptors (Lipinski definition) is 4. The molecule has 5 nitrogen and oxygen atoms in total. The van der Waals surface area contributed by atoms with Crippen molar-refractivity contribution in [1.29, 1.82) is 0 Å². The van der Waals surface area contributed by atoms with Gasteiger partial charge in [-0.15, -0.1) is 0 Å². The Hall–Kier alpha value is -1.62. The first-order chi connectivity index (χ1) is 8.19. The average molecular weight is 236 g/mol. The Bertz CT molecular complexity index is 367. The maximum Gasteiger partial charge on any atom is 0.252 e. The molecule has 0 saturated carbocycles. The van der Waals surface area contributed by atoms with Crippen LogP contribution >= 0.6 is 0 Å². The van der Waals surface area contributed by atoms with Crippen LogP contribution in [0.3, 0.4) is 0 Å². The number of anilines is 1. The fraction of sp³-hybridized carbons (Fsp3) is 0.500. The molecular weight excluding hydrogens is 216 g/mol. The zero-order valence-electron chi connectivity index (χ0n) is 10.1. The molecule has 0 aromatic carbocycles. The maximum atomic E-state index is 11.2. The van der Waals surface area contributed by atoms with Crippen LogP contribution in [-0.2, 0) is 0 Å². The summed E-state index contributed by atoms with van der Waals surface area (Å²) in [5.41, 5.74) is 11.2. The number of rotatable bonds is 7. The molecule has 0 aliphatic rings. The molecule has 1 rings (SSSR count). The van der Waals surface area contributed by atoms with Gasteiger partial charge in [-0.2, -0.15) is 0 Å². The number of pyridine rings is 1. The van der Waals surface area contributed by atoms with Gasteiger partial charge in [-0.25, -0.2) is 4.98 Å². The van der Waals surface area contributed by atoms with Crippen LogP contribution in [0.15, 0.2) is 18.3 Å². The summed E-state index contributed by atoms with van der Waals surface area (Å²) in [5.74, 6) is 0.575. The monoisotopic (exact) mass is 236 g/mol. The highest BCUT2D eigenvalue weighted by atomic mass is 16.1. The summed E-state index contributed by atoms with van der Waals surface area (Å²) >= 11 is 0. The molecule has 94 valence electrons. The zero-order valence-corrected chi connectivity index (χ0v) is 10.1. The minimum absolute atomic E-state index is 0.426. The number of primary amides is 1. The van der Waals surface area contributed by atoms with Gasteiger partial charge >= 0.3 is 0 Å².